The van der Waals surface area contributed by atoms with Crippen molar-refractivity contribution in [1.29, 1.82) is 0 Å². The van der Waals surface area contributed by atoms with Crippen molar-refractivity contribution in [3.8, 4) is 11.4 Å². The molecule has 2 heterocycles. The maximum Gasteiger partial charge on any atom is 0.324 e. The summed E-state index contributed by atoms with van der Waals surface area (Å²) < 4.78 is 6.67. The zero-order valence-corrected chi connectivity index (χ0v) is 16.8. The molecule has 3 aromatic carbocycles. The van der Waals surface area contributed by atoms with E-state index in [1.54, 1.807) is 0 Å². The van der Waals surface area contributed by atoms with Crippen LogP contribution in [0, 0.1) is 0 Å². The van der Waals surface area contributed by atoms with Crippen molar-refractivity contribution < 1.29 is 4.52 Å². The van der Waals surface area contributed by atoms with E-state index in [4.69, 9.17) is 4.52 Å². The van der Waals surface area contributed by atoms with E-state index in [1.807, 2.05) is 18.2 Å². The van der Waals surface area contributed by atoms with Gasteiger partial charge in [-0.3, -0.25) is 0 Å². The first-order valence-corrected chi connectivity index (χ1v) is 10.1. The van der Waals surface area contributed by atoms with E-state index in [0.29, 0.717) is 11.8 Å². The molecular weight excluding hydrogens is 416 g/mol. The quantitative estimate of drug-likeness (QED) is 0.454. The SMILES string of the molecule is Brc1ccc(N2CCN(c3nc(-c4ccc5ccccc5c4)no3)CC2)cc1. The smallest absolute Gasteiger partial charge is 0.324 e. The molecule has 0 spiro atoms. The van der Waals surface area contributed by atoms with Gasteiger partial charge in [0.2, 0.25) is 5.82 Å². The summed E-state index contributed by atoms with van der Waals surface area (Å²) in [5.41, 5.74) is 2.22. The van der Waals surface area contributed by atoms with Crippen LogP contribution in [0.25, 0.3) is 22.2 Å². The van der Waals surface area contributed by atoms with Gasteiger partial charge in [-0.05, 0) is 41.1 Å². The van der Waals surface area contributed by atoms with Crippen molar-refractivity contribution in [1.82, 2.24) is 10.1 Å². The highest BCUT2D eigenvalue weighted by Crippen LogP contribution is 2.26. The monoisotopic (exact) mass is 434 g/mol. The maximum absolute atomic E-state index is 5.57. The van der Waals surface area contributed by atoms with E-state index in [0.717, 1.165) is 36.2 Å². The molecule has 6 heteroatoms. The predicted octanol–water partition coefficient (Wildman–Crippen LogP) is 4.98. The fourth-order valence-electron chi connectivity index (χ4n) is 3.60. The third kappa shape index (κ3) is 3.36. The Labute approximate surface area is 171 Å². The van der Waals surface area contributed by atoms with Gasteiger partial charge in [0.15, 0.2) is 0 Å². The molecule has 5 rings (SSSR count). The molecule has 0 radical (unpaired) electrons. The maximum atomic E-state index is 5.57. The van der Waals surface area contributed by atoms with Crippen molar-refractivity contribution in [3.63, 3.8) is 0 Å². The number of halogens is 1. The molecule has 28 heavy (non-hydrogen) atoms. The summed E-state index contributed by atoms with van der Waals surface area (Å²) in [6.45, 7) is 3.56. The van der Waals surface area contributed by atoms with Crippen LogP contribution in [0.4, 0.5) is 11.7 Å². The first-order valence-electron chi connectivity index (χ1n) is 9.35. The molecule has 0 unspecified atom stereocenters. The van der Waals surface area contributed by atoms with Crippen LogP contribution in [0.2, 0.25) is 0 Å². The van der Waals surface area contributed by atoms with Crippen molar-refractivity contribution in [2.24, 2.45) is 0 Å². The zero-order chi connectivity index (χ0) is 18.9. The highest BCUT2D eigenvalue weighted by Gasteiger charge is 2.22. The molecule has 5 nitrogen and oxygen atoms in total. The molecule has 0 atom stereocenters. The van der Waals surface area contributed by atoms with Crippen molar-refractivity contribution in [2.75, 3.05) is 36.0 Å². The predicted molar refractivity (Wildman–Crippen MR) is 116 cm³/mol. The first-order chi connectivity index (χ1) is 13.8. The van der Waals surface area contributed by atoms with E-state index in [-0.39, 0.29) is 0 Å². The van der Waals surface area contributed by atoms with Crippen LogP contribution in [0.5, 0.6) is 0 Å². The number of nitrogens with zero attached hydrogens (tertiary/aromatic N) is 4. The number of rotatable bonds is 3. The van der Waals surface area contributed by atoms with Crippen LogP contribution in [-0.2, 0) is 0 Å². The van der Waals surface area contributed by atoms with Crippen LogP contribution in [0.3, 0.4) is 0 Å². The second kappa shape index (κ2) is 7.28. The minimum absolute atomic E-state index is 0.596. The van der Waals surface area contributed by atoms with Gasteiger partial charge in [-0.15, -0.1) is 0 Å². The van der Waals surface area contributed by atoms with Gasteiger partial charge in [0.05, 0.1) is 0 Å². The molecule has 0 amide bonds. The molecule has 0 saturated carbocycles. The van der Waals surface area contributed by atoms with E-state index in [9.17, 15) is 0 Å². The first kappa shape index (κ1) is 17.3. The molecule has 1 aromatic heterocycles. The Kier molecular flexibility index (Phi) is 4.49. The highest BCUT2D eigenvalue weighted by atomic mass is 79.9. The molecule has 1 aliphatic rings. The minimum atomic E-state index is 0.596. The fourth-order valence-corrected chi connectivity index (χ4v) is 3.86. The lowest BCUT2D eigenvalue weighted by Gasteiger charge is -2.35. The third-order valence-corrected chi connectivity index (χ3v) is 5.69. The van der Waals surface area contributed by atoms with Gasteiger partial charge in [-0.1, -0.05) is 57.5 Å². The molecule has 1 fully saturated rings. The second-order valence-electron chi connectivity index (χ2n) is 6.91. The average molecular weight is 435 g/mol. The molecular formula is C22H19BrN4O. The van der Waals surface area contributed by atoms with Gasteiger partial charge < -0.3 is 14.3 Å². The average Bonchev–Trinajstić information content (AvgIpc) is 3.24. The molecule has 0 aliphatic carbocycles. The second-order valence-corrected chi connectivity index (χ2v) is 7.83. The lowest BCUT2D eigenvalue weighted by molar-refractivity contribution is 0.409. The van der Waals surface area contributed by atoms with Gasteiger partial charge >= 0.3 is 6.01 Å². The summed E-state index contributed by atoms with van der Waals surface area (Å²) in [6.07, 6.45) is 0. The fraction of sp³-hybridized carbons (Fsp3) is 0.182. The van der Waals surface area contributed by atoms with Gasteiger partial charge in [-0.25, -0.2) is 0 Å². The Balaban J connectivity index is 1.30. The van der Waals surface area contributed by atoms with Gasteiger partial charge in [-0.2, -0.15) is 4.98 Å². The summed E-state index contributed by atoms with van der Waals surface area (Å²) >= 11 is 3.49. The number of anilines is 2. The molecule has 0 bridgehead atoms. The highest BCUT2D eigenvalue weighted by molar-refractivity contribution is 9.10. The number of piperazine rings is 1. The van der Waals surface area contributed by atoms with Crippen molar-refractivity contribution >= 4 is 38.4 Å². The zero-order valence-electron chi connectivity index (χ0n) is 15.3. The Bertz CT molecular complexity index is 1100. The molecule has 1 aliphatic heterocycles. The lowest BCUT2D eigenvalue weighted by Crippen LogP contribution is -2.46. The molecule has 140 valence electrons. The van der Waals surface area contributed by atoms with Crippen LogP contribution in [0.15, 0.2) is 75.7 Å². The van der Waals surface area contributed by atoms with Gasteiger partial charge in [0, 0.05) is 41.9 Å². The number of aromatic nitrogens is 2. The third-order valence-electron chi connectivity index (χ3n) is 5.16. The minimum Gasteiger partial charge on any atom is -0.368 e. The number of benzene rings is 3. The largest absolute Gasteiger partial charge is 0.368 e. The Morgan fingerprint density at radius 2 is 1.50 bits per heavy atom. The summed E-state index contributed by atoms with van der Waals surface area (Å²) in [5, 5.41) is 6.59. The van der Waals surface area contributed by atoms with Crippen molar-refractivity contribution in [3.05, 3.63) is 71.2 Å². The molecule has 4 aromatic rings. The van der Waals surface area contributed by atoms with E-state index in [2.05, 4.69) is 84.4 Å². The van der Waals surface area contributed by atoms with E-state index in [1.165, 1.54) is 16.5 Å². The summed E-state index contributed by atoms with van der Waals surface area (Å²) in [7, 11) is 0. The van der Waals surface area contributed by atoms with Crippen LogP contribution in [-0.4, -0.2) is 36.3 Å². The van der Waals surface area contributed by atoms with Crippen LogP contribution >= 0.6 is 15.9 Å². The number of hydrogen-bond donors (Lipinski definition) is 0. The molecule has 1 saturated heterocycles. The standard InChI is InChI=1S/C22H19BrN4O/c23-19-7-9-20(10-8-19)26-11-13-27(14-12-26)22-24-21(25-28-22)18-6-5-16-3-1-2-4-17(16)15-18/h1-10,15H,11-14H2. The van der Waals surface area contributed by atoms with Crippen molar-refractivity contribution in [2.45, 2.75) is 0 Å². The molecule has 0 N–H and O–H groups in total. The topological polar surface area (TPSA) is 45.4 Å². The Morgan fingerprint density at radius 1 is 0.786 bits per heavy atom. The van der Waals surface area contributed by atoms with E-state index < -0.39 is 0 Å². The number of fused-ring (bicyclic) bond motifs is 1. The normalized spacial score (nSPS) is 14.6. The number of hydrogen-bond acceptors (Lipinski definition) is 5. The van der Waals surface area contributed by atoms with Crippen LogP contribution in [0.1, 0.15) is 0 Å². The Hall–Kier alpha value is -2.86. The lowest BCUT2D eigenvalue weighted by atomic mass is 10.1. The van der Waals surface area contributed by atoms with Crippen LogP contribution < -0.4 is 9.80 Å². The van der Waals surface area contributed by atoms with E-state index >= 15 is 0 Å². The van der Waals surface area contributed by atoms with Gasteiger partial charge in [0.1, 0.15) is 0 Å². The summed E-state index contributed by atoms with van der Waals surface area (Å²) in [4.78, 5) is 9.18. The Morgan fingerprint density at radius 3 is 2.29 bits per heavy atom. The van der Waals surface area contributed by atoms with Gasteiger partial charge in [0.25, 0.3) is 0 Å². The summed E-state index contributed by atoms with van der Waals surface area (Å²) in [6, 6.07) is 23.6. The summed E-state index contributed by atoms with van der Waals surface area (Å²) in [5.74, 6) is 0.635.